The molecule has 1 fully saturated rings. The minimum Gasteiger partial charge on any atom is -0.500 e. The summed E-state index contributed by atoms with van der Waals surface area (Å²) in [6, 6.07) is 4.67. The van der Waals surface area contributed by atoms with Gasteiger partial charge in [-0.3, -0.25) is 14.5 Å². The Labute approximate surface area is 143 Å². The van der Waals surface area contributed by atoms with Crippen LogP contribution in [0.3, 0.4) is 0 Å². The van der Waals surface area contributed by atoms with Crippen molar-refractivity contribution in [3.63, 3.8) is 0 Å². The van der Waals surface area contributed by atoms with E-state index in [2.05, 4.69) is 4.74 Å². The second-order valence-corrected chi connectivity index (χ2v) is 5.37. The number of rotatable bonds is 6. The van der Waals surface area contributed by atoms with Crippen LogP contribution in [0.1, 0.15) is 18.4 Å². The predicted octanol–water partition coefficient (Wildman–Crippen LogP) is 2.03. The highest BCUT2D eigenvalue weighted by molar-refractivity contribution is 6.30. The van der Waals surface area contributed by atoms with Gasteiger partial charge >= 0.3 is 5.97 Å². The Morgan fingerprint density at radius 1 is 1.25 bits per heavy atom. The van der Waals surface area contributed by atoms with Gasteiger partial charge in [0, 0.05) is 23.4 Å². The van der Waals surface area contributed by atoms with Gasteiger partial charge in [0.2, 0.25) is 17.6 Å². The molecule has 0 bridgehead atoms. The number of methoxy groups -OCH3 is 2. The lowest BCUT2D eigenvalue weighted by Gasteiger charge is -2.17. The van der Waals surface area contributed by atoms with Gasteiger partial charge in [0.1, 0.15) is 12.0 Å². The minimum absolute atomic E-state index is 0.00892. The van der Waals surface area contributed by atoms with Crippen LogP contribution in [0.2, 0.25) is 5.02 Å². The van der Waals surface area contributed by atoms with Crippen LogP contribution in [0.25, 0.3) is 0 Å². The van der Waals surface area contributed by atoms with E-state index < -0.39 is 5.97 Å². The van der Waals surface area contributed by atoms with Crippen LogP contribution < -0.4 is 4.74 Å². The van der Waals surface area contributed by atoms with Gasteiger partial charge in [0.05, 0.1) is 20.8 Å². The topological polar surface area (TPSA) is 82.1 Å². The van der Waals surface area contributed by atoms with E-state index in [0.717, 1.165) is 11.2 Å². The maximum absolute atomic E-state index is 11.8. The molecule has 2 rings (SSSR count). The molecule has 1 aliphatic rings. The molecule has 7 nitrogen and oxygen atoms in total. The van der Waals surface area contributed by atoms with Gasteiger partial charge in [-0.05, 0) is 18.2 Å². The van der Waals surface area contributed by atoms with Gasteiger partial charge < -0.3 is 14.2 Å². The third-order valence-corrected chi connectivity index (χ3v) is 3.57. The number of esters is 1. The van der Waals surface area contributed by atoms with Crippen molar-refractivity contribution >= 4 is 29.4 Å². The van der Waals surface area contributed by atoms with Gasteiger partial charge in [-0.1, -0.05) is 11.6 Å². The number of likely N-dealkylation sites (tertiary alicyclic amines) is 1. The van der Waals surface area contributed by atoms with Crippen molar-refractivity contribution in [2.24, 2.45) is 0 Å². The molecule has 0 saturated carbocycles. The van der Waals surface area contributed by atoms with Crippen molar-refractivity contribution < 1.29 is 28.6 Å². The van der Waals surface area contributed by atoms with Crippen LogP contribution in [-0.4, -0.2) is 36.9 Å². The number of hydrogen-bond acceptors (Lipinski definition) is 6. The molecule has 0 unspecified atom stereocenters. The molecule has 0 N–H and O–H groups in total. The molecule has 2 amide bonds. The number of amides is 2. The van der Waals surface area contributed by atoms with E-state index in [1.165, 1.54) is 20.3 Å². The number of halogens is 1. The largest absolute Gasteiger partial charge is 0.500 e. The van der Waals surface area contributed by atoms with Gasteiger partial charge in [-0.15, -0.1) is 0 Å². The summed E-state index contributed by atoms with van der Waals surface area (Å²) in [5.41, 5.74) is 0.483. The fraction of sp³-hybridized carbons (Fsp3) is 0.312. The van der Waals surface area contributed by atoms with Crippen molar-refractivity contribution in [1.29, 1.82) is 0 Å². The number of carbonyl (C=O) groups excluding carboxylic acids is 3. The molecular weight excluding hydrogens is 338 g/mol. The molecule has 1 aromatic rings. The van der Waals surface area contributed by atoms with Gasteiger partial charge in [0.25, 0.3) is 0 Å². The second-order valence-electron chi connectivity index (χ2n) is 4.94. The first kappa shape index (κ1) is 17.8. The quantitative estimate of drug-likeness (QED) is 0.337. The normalized spacial score (nSPS) is 14.8. The Hall–Kier alpha value is -2.54. The van der Waals surface area contributed by atoms with Crippen LogP contribution in [0.5, 0.6) is 5.75 Å². The first-order chi connectivity index (χ1) is 11.5. The number of nitrogens with zero attached hydrogens (tertiary/aromatic N) is 1. The van der Waals surface area contributed by atoms with Crippen LogP contribution in [0.4, 0.5) is 0 Å². The molecule has 1 heterocycles. The number of benzene rings is 1. The fourth-order valence-corrected chi connectivity index (χ4v) is 2.38. The zero-order valence-corrected chi connectivity index (χ0v) is 14.0. The van der Waals surface area contributed by atoms with Gasteiger partial charge in [-0.25, -0.2) is 4.79 Å². The van der Waals surface area contributed by atoms with Gasteiger partial charge in [0.15, 0.2) is 0 Å². The summed E-state index contributed by atoms with van der Waals surface area (Å²) >= 11 is 5.99. The molecule has 0 atom stereocenters. The van der Waals surface area contributed by atoms with Crippen molar-refractivity contribution in [1.82, 2.24) is 4.90 Å². The molecule has 0 spiro atoms. The van der Waals surface area contributed by atoms with E-state index in [1.54, 1.807) is 12.1 Å². The lowest BCUT2D eigenvalue weighted by Crippen LogP contribution is -2.28. The lowest BCUT2D eigenvalue weighted by atomic mass is 10.2. The zero-order chi connectivity index (χ0) is 17.7. The molecule has 1 aromatic carbocycles. The molecular formula is C16H16ClNO6. The van der Waals surface area contributed by atoms with E-state index in [-0.39, 0.29) is 42.7 Å². The maximum atomic E-state index is 11.8. The highest BCUT2D eigenvalue weighted by Crippen LogP contribution is 2.28. The Morgan fingerprint density at radius 3 is 2.50 bits per heavy atom. The Balaban J connectivity index is 2.30. The van der Waals surface area contributed by atoms with Crippen molar-refractivity contribution in [3.05, 3.63) is 40.8 Å². The molecule has 0 aromatic heterocycles. The monoisotopic (exact) mass is 353 g/mol. The van der Waals surface area contributed by atoms with Crippen molar-refractivity contribution in [3.8, 4) is 5.75 Å². The third kappa shape index (κ3) is 4.05. The SMILES string of the molecule is COC=C(Oc1ccc(Cl)cc1CN1C(=O)CCC1=O)C(=O)OC. The van der Waals surface area contributed by atoms with Crippen LogP contribution in [-0.2, 0) is 30.4 Å². The number of carbonyl (C=O) groups is 3. The summed E-state index contributed by atoms with van der Waals surface area (Å²) in [5, 5.41) is 0.409. The standard InChI is InChI=1S/C16H16ClNO6/c1-22-9-13(16(21)23-2)24-12-4-3-11(17)7-10(12)8-18-14(19)5-6-15(18)20/h3-4,7,9H,5-6,8H2,1-2H3. The molecule has 8 heteroatoms. The van der Waals surface area contributed by atoms with Crippen molar-refractivity contribution in [2.75, 3.05) is 14.2 Å². The van der Waals surface area contributed by atoms with Gasteiger partial charge in [-0.2, -0.15) is 0 Å². The Kier molecular flexibility index (Phi) is 5.81. The lowest BCUT2D eigenvalue weighted by molar-refractivity contribution is -0.140. The highest BCUT2D eigenvalue weighted by Gasteiger charge is 2.30. The molecule has 1 aliphatic heterocycles. The van der Waals surface area contributed by atoms with E-state index in [1.807, 2.05) is 0 Å². The number of imide groups is 1. The fourth-order valence-electron chi connectivity index (χ4n) is 2.18. The van der Waals surface area contributed by atoms with E-state index in [4.69, 9.17) is 21.1 Å². The summed E-state index contributed by atoms with van der Waals surface area (Å²) in [4.78, 5) is 36.4. The average molecular weight is 354 g/mol. The first-order valence-electron chi connectivity index (χ1n) is 7.07. The minimum atomic E-state index is -0.730. The first-order valence-corrected chi connectivity index (χ1v) is 7.44. The second kappa shape index (κ2) is 7.83. The van der Waals surface area contributed by atoms with Crippen molar-refractivity contribution in [2.45, 2.75) is 19.4 Å². The summed E-state index contributed by atoms with van der Waals surface area (Å²) < 4.78 is 14.9. The van der Waals surface area contributed by atoms with Crippen LogP contribution in [0.15, 0.2) is 30.2 Å². The molecule has 128 valence electrons. The number of hydrogen-bond donors (Lipinski definition) is 0. The highest BCUT2D eigenvalue weighted by atomic mass is 35.5. The molecule has 24 heavy (non-hydrogen) atoms. The number of ether oxygens (including phenoxy) is 3. The molecule has 1 saturated heterocycles. The molecule has 0 aliphatic carbocycles. The Morgan fingerprint density at radius 2 is 1.92 bits per heavy atom. The molecule has 0 radical (unpaired) electrons. The summed E-state index contributed by atoms with van der Waals surface area (Å²) in [6.45, 7) is 0.00892. The van der Waals surface area contributed by atoms with E-state index >= 15 is 0 Å². The zero-order valence-electron chi connectivity index (χ0n) is 13.2. The maximum Gasteiger partial charge on any atom is 0.377 e. The van der Waals surface area contributed by atoms with Crippen LogP contribution in [0, 0.1) is 0 Å². The smallest absolute Gasteiger partial charge is 0.377 e. The van der Waals surface area contributed by atoms with E-state index in [9.17, 15) is 14.4 Å². The Bertz CT molecular complexity index is 684. The summed E-state index contributed by atoms with van der Waals surface area (Å²) in [6.07, 6.45) is 1.47. The average Bonchev–Trinajstić information content (AvgIpc) is 2.87. The summed E-state index contributed by atoms with van der Waals surface area (Å²) in [5.74, 6) is -1.16. The third-order valence-electron chi connectivity index (χ3n) is 3.34. The summed E-state index contributed by atoms with van der Waals surface area (Å²) in [7, 11) is 2.57. The van der Waals surface area contributed by atoms with Crippen LogP contribution >= 0.6 is 11.6 Å². The predicted molar refractivity (Wildman–Crippen MR) is 84.0 cm³/mol. The van der Waals surface area contributed by atoms with E-state index in [0.29, 0.717) is 10.6 Å².